The molecule has 0 spiro atoms. The number of nitrogens with one attached hydrogen (secondary N) is 1. The third-order valence-electron chi connectivity index (χ3n) is 3.00. The molecule has 0 unspecified atom stereocenters. The first-order valence-electron chi connectivity index (χ1n) is 6.50. The number of ether oxygens (including phenoxy) is 1. The second-order valence-corrected chi connectivity index (χ2v) is 5.09. The maximum absolute atomic E-state index is 12.0. The van der Waals surface area contributed by atoms with E-state index in [0.717, 1.165) is 12.8 Å². The molecule has 1 aliphatic rings. The highest BCUT2D eigenvalue weighted by Crippen LogP contribution is 2.22. The van der Waals surface area contributed by atoms with Crippen LogP contribution in [0, 0.1) is 0 Å². The molecule has 0 radical (unpaired) electrons. The SMILES string of the molecule is CN(C)c1ccc(N)cc1C(=O)OCC(=O)NC1CC1. The van der Waals surface area contributed by atoms with Gasteiger partial charge in [0.05, 0.1) is 11.3 Å². The van der Waals surface area contributed by atoms with Gasteiger partial charge in [0.25, 0.3) is 5.91 Å². The van der Waals surface area contributed by atoms with Gasteiger partial charge in [0.2, 0.25) is 0 Å². The molecule has 0 saturated heterocycles. The lowest BCUT2D eigenvalue weighted by molar-refractivity contribution is -0.124. The molecule has 0 heterocycles. The third kappa shape index (κ3) is 3.63. The number of nitrogens with two attached hydrogens (primary N) is 1. The van der Waals surface area contributed by atoms with Crippen molar-refractivity contribution in [2.24, 2.45) is 0 Å². The largest absolute Gasteiger partial charge is 0.452 e. The van der Waals surface area contributed by atoms with Gasteiger partial charge in [0, 0.05) is 25.8 Å². The zero-order valence-corrected chi connectivity index (χ0v) is 11.7. The molecule has 1 saturated carbocycles. The summed E-state index contributed by atoms with van der Waals surface area (Å²) in [4.78, 5) is 25.3. The number of nitrogen functional groups attached to an aromatic ring is 1. The summed E-state index contributed by atoms with van der Waals surface area (Å²) in [6, 6.07) is 5.27. The normalized spacial score (nSPS) is 13.7. The number of hydrogen-bond donors (Lipinski definition) is 2. The molecule has 3 N–H and O–H groups in total. The van der Waals surface area contributed by atoms with Crippen molar-refractivity contribution in [3.05, 3.63) is 23.8 Å². The van der Waals surface area contributed by atoms with E-state index in [2.05, 4.69) is 5.32 Å². The predicted molar refractivity (Wildman–Crippen MR) is 76.6 cm³/mol. The fourth-order valence-corrected chi connectivity index (χ4v) is 1.81. The van der Waals surface area contributed by atoms with Crippen molar-refractivity contribution in [3.63, 3.8) is 0 Å². The quantitative estimate of drug-likeness (QED) is 0.613. The van der Waals surface area contributed by atoms with E-state index in [0.29, 0.717) is 16.9 Å². The Morgan fingerprint density at radius 1 is 1.40 bits per heavy atom. The second-order valence-electron chi connectivity index (χ2n) is 5.09. The topological polar surface area (TPSA) is 84.7 Å². The number of amides is 1. The van der Waals surface area contributed by atoms with Gasteiger partial charge >= 0.3 is 5.97 Å². The summed E-state index contributed by atoms with van der Waals surface area (Å²) in [7, 11) is 3.64. The van der Waals surface area contributed by atoms with Crippen molar-refractivity contribution >= 4 is 23.3 Å². The van der Waals surface area contributed by atoms with Crippen LogP contribution < -0.4 is 16.0 Å². The number of carbonyl (C=O) groups excluding carboxylic acids is 2. The highest BCUT2D eigenvalue weighted by atomic mass is 16.5. The Hall–Kier alpha value is -2.24. The van der Waals surface area contributed by atoms with Crippen LogP contribution in [0.2, 0.25) is 0 Å². The molecule has 6 heteroatoms. The van der Waals surface area contributed by atoms with Crippen molar-refractivity contribution in [1.29, 1.82) is 0 Å². The molecule has 108 valence electrons. The Morgan fingerprint density at radius 3 is 2.70 bits per heavy atom. The summed E-state index contributed by atoms with van der Waals surface area (Å²) in [5.41, 5.74) is 7.22. The Bertz CT molecular complexity index is 524. The third-order valence-corrected chi connectivity index (χ3v) is 3.00. The molecule has 20 heavy (non-hydrogen) atoms. The minimum atomic E-state index is -0.549. The van der Waals surface area contributed by atoms with E-state index in [1.165, 1.54) is 0 Å². The summed E-state index contributed by atoms with van der Waals surface area (Å²) >= 11 is 0. The van der Waals surface area contributed by atoms with Gasteiger partial charge in [0.15, 0.2) is 6.61 Å². The van der Waals surface area contributed by atoms with Gasteiger partial charge in [-0.15, -0.1) is 0 Å². The van der Waals surface area contributed by atoms with Crippen molar-refractivity contribution in [1.82, 2.24) is 5.32 Å². The maximum atomic E-state index is 12.0. The van der Waals surface area contributed by atoms with Crippen LogP contribution in [0.5, 0.6) is 0 Å². The zero-order chi connectivity index (χ0) is 14.7. The van der Waals surface area contributed by atoms with Crippen LogP contribution in [0.3, 0.4) is 0 Å². The van der Waals surface area contributed by atoms with Gasteiger partial charge in [0.1, 0.15) is 0 Å². The average Bonchev–Trinajstić information content (AvgIpc) is 3.19. The maximum Gasteiger partial charge on any atom is 0.340 e. The van der Waals surface area contributed by atoms with Gasteiger partial charge in [-0.2, -0.15) is 0 Å². The van der Waals surface area contributed by atoms with E-state index < -0.39 is 5.97 Å². The number of hydrogen-bond acceptors (Lipinski definition) is 5. The Balaban J connectivity index is 2.00. The van der Waals surface area contributed by atoms with Crippen LogP contribution in [0.25, 0.3) is 0 Å². The second kappa shape index (κ2) is 5.81. The number of anilines is 2. The van der Waals surface area contributed by atoms with Gasteiger partial charge in [-0.05, 0) is 31.0 Å². The van der Waals surface area contributed by atoms with Crippen LogP contribution in [0.15, 0.2) is 18.2 Å². The van der Waals surface area contributed by atoms with Crippen molar-refractivity contribution in [2.45, 2.75) is 18.9 Å². The van der Waals surface area contributed by atoms with E-state index in [-0.39, 0.29) is 18.6 Å². The lowest BCUT2D eigenvalue weighted by Gasteiger charge is -2.17. The van der Waals surface area contributed by atoms with E-state index in [1.807, 2.05) is 14.1 Å². The first-order chi connectivity index (χ1) is 9.47. The molecule has 1 aliphatic carbocycles. The highest BCUT2D eigenvalue weighted by molar-refractivity contribution is 5.98. The highest BCUT2D eigenvalue weighted by Gasteiger charge is 2.24. The fourth-order valence-electron chi connectivity index (χ4n) is 1.81. The minimum absolute atomic E-state index is 0.255. The summed E-state index contributed by atoms with van der Waals surface area (Å²) in [5.74, 6) is -0.817. The van der Waals surface area contributed by atoms with E-state index >= 15 is 0 Å². The molecular weight excluding hydrogens is 258 g/mol. The Kier molecular flexibility index (Phi) is 4.12. The Morgan fingerprint density at radius 2 is 2.10 bits per heavy atom. The van der Waals surface area contributed by atoms with Crippen LogP contribution in [0.1, 0.15) is 23.2 Å². The molecule has 2 rings (SSSR count). The zero-order valence-electron chi connectivity index (χ0n) is 11.7. The number of esters is 1. The van der Waals surface area contributed by atoms with Crippen molar-refractivity contribution in [2.75, 3.05) is 31.3 Å². The summed E-state index contributed by atoms with van der Waals surface area (Å²) in [5, 5.41) is 2.76. The van der Waals surface area contributed by atoms with Crippen LogP contribution >= 0.6 is 0 Å². The first-order valence-corrected chi connectivity index (χ1v) is 6.50. The molecule has 0 bridgehead atoms. The minimum Gasteiger partial charge on any atom is -0.452 e. The van der Waals surface area contributed by atoms with Gasteiger partial charge < -0.3 is 20.7 Å². The summed E-state index contributed by atoms with van der Waals surface area (Å²) in [6.45, 7) is -0.267. The standard InChI is InChI=1S/C14H19N3O3/c1-17(2)12-6-3-9(15)7-11(12)14(19)20-8-13(18)16-10-4-5-10/h3,6-7,10H,4-5,8,15H2,1-2H3,(H,16,18). The average molecular weight is 277 g/mol. The number of carbonyl (C=O) groups is 2. The van der Waals surface area contributed by atoms with Crippen LogP contribution in [-0.4, -0.2) is 38.6 Å². The van der Waals surface area contributed by atoms with Crippen LogP contribution in [0.4, 0.5) is 11.4 Å². The van der Waals surface area contributed by atoms with E-state index in [4.69, 9.17) is 10.5 Å². The first kappa shape index (κ1) is 14.2. The van der Waals surface area contributed by atoms with E-state index in [9.17, 15) is 9.59 Å². The van der Waals surface area contributed by atoms with Crippen molar-refractivity contribution < 1.29 is 14.3 Å². The Labute approximate surface area is 117 Å². The number of benzene rings is 1. The number of rotatable bonds is 5. The molecule has 0 atom stereocenters. The lowest BCUT2D eigenvalue weighted by atomic mass is 10.1. The molecule has 6 nitrogen and oxygen atoms in total. The molecule has 1 aromatic carbocycles. The van der Waals surface area contributed by atoms with Crippen molar-refractivity contribution in [3.8, 4) is 0 Å². The van der Waals surface area contributed by atoms with E-state index in [1.54, 1.807) is 23.1 Å². The molecule has 0 aromatic heterocycles. The molecule has 0 aliphatic heterocycles. The number of nitrogens with zero attached hydrogens (tertiary/aromatic N) is 1. The smallest absolute Gasteiger partial charge is 0.340 e. The molecular formula is C14H19N3O3. The van der Waals surface area contributed by atoms with Crippen LogP contribution in [-0.2, 0) is 9.53 Å². The van der Waals surface area contributed by atoms with Gasteiger partial charge in [-0.25, -0.2) is 4.79 Å². The monoisotopic (exact) mass is 277 g/mol. The molecule has 1 fully saturated rings. The lowest BCUT2D eigenvalue weighted by Crippen LogP contribution is -2.30. The molecule has 1 aromatic rings. The van der Waals surface area contributed by atoms with Gasteiger partial charge in [-0.3, -0.25) is 4.79 Å². The predicted octanol–water partition coefficient (Wildman–Crippen LogP) is 0.770. The fraction of sp³-hybridized carbons (Fsp3) is 0.429. The molecule has 1 amide bonds. The van der Waals surface area contributed by atoms with Gasteiger partial charge in [-0.1, -0.05) is 0 Å². The summed E-state index contributed by atoms with van der Waals surface area (Å²) < 4.78 is 5.03. The summed E-state index contributed by atoms with van der Waals surface area (Å²) in [6.07, 6.45) is 2.00.